The van der Waals surface area contributed by atoms with Gasteiger partial charge in [-0.2, -0.15) is 4.98 Å². The molecule has 0 radical (unpaired) electrons. The van der Waals surface area contributed by atoms with Gasteiger partial charge < -0.3 is 10.2 Å². The van der Waals surface area contributed by atoms with Crippen LogP contribution in [0.4, 0.5) is 16.2 Å². The lowest BCUT2D eigenvalue weighted by atomic mass is 10.1. The van der Waals surface area contributed by atoms with Crippen molar-refractivity contribution >= 4 is 27.7 Å². The van der Waals surface area contributed by atoms with E-state index in [-0.39, 0.29) is 5.82 Å². The molecule has 4 nitrogen and oxygen atoms in total. The molecule has 2 heterocycles. The van der Waals surface area contributed by atoms with Crippen LogP contribution in [-0.2, 0) is 6.42 Å². The van der Waals surface area contributed by atoms with E-state index in [2.05, 4.69) is 43.0 Å². The van der Waals surface area contributed by atoms with Crippen LogP contribution in [0.2, 0.25) is 0 Å². The Morgan fingerprint density at radius 2 is 2.13 bits per heavy atom. The van der Waals surface area contributed by atoms with Crippen LogP contribution in [0.15, 0.2) is 34.9 Å². The van der Waals surface area contributed by atoms with Crippen molar-refractivity contribution in [2.45, 2.75) is 19.8 Å². The van der Waals surface area contributed by atoms with Gasteiger partial charge in [0.05, 0.1) is 4.47 Å². The van der Waals surface area contributed by atoms with E-state index in [0.717, 1.165) is 47.9 Å². The zero-order valence-corrected chi connectivity index (χ0v) is 14.7. The summed E-state index contributed by atoms with van der Waals surface area (Å²) in [5.74, 6) is 2.07. The number of nitrogens with zero attached hydrogens (tertiary/aromatic N) is 3. The first-order valence-corrected chi connectivity index (χ1v) is 8.67. The summed E-state index contributed by atoms with van der Waals surface area (Å²) < 4.78 is 13.8. The van der Waals surface area contributed by atoms with Crippen molar-refractivity contribution in [3.05, 3.63) is 46.3 Å². The lowest BCUT2D eigenvalue weighted by molar-refractivity contribution is 0.627. The Kier molecular flexibility index (Phi) is 5.10. The van der Waals surface area contributed by atoms with Gasteiger partial charge in [-0.3, -0.25) is 0 Å². The molecule has 0 spiro atoms. The Balaban J connectivity index is 1.61. The van der Waals surface area contributed by atoms with Crippen molar-refractivity contribution in [1.82, 2.24) is 9.97 Å². The van der Waals surface area contributed by atoms with E-state index in [9.17, 15) is 4.39 Å². The van der Waals surface area contributed by atoms with Crippen LogP contribution < -0.4 is 10.2 Å². The number of hydrogen-bond donors (Lipinski definition) is 1. The van der Waals surface area contributed by atoms with E-state index in [1.807, 2.05) is 12.1 Å². The van der Waals surface area contributed by atoms with Crippen LogP contribution in [0.25, 0.3) is 0 Å². The highest BCUT2D eigenvalue weighted by molar-refractivity contribution is 9.10. The number of nitrogens with one attached hydrogen (secondary N) is 1. The normalized spacial score (nSPS) is 17.5. The predicted molar refractivity (Wildman–Crippen MR) is 94.3 cm³/mol. The molecule has 122 valence electrons. The van der Waals surface area contributed by atoms with Gasteiger partial charge in [-0.1, -0.05) is 19.1 Å². The van der Waals surface area contributed by atoms with Crippen LogP contribution in [0, 0.1) is 11.7 Å². The maximum Gasteiger partial charge on any atom is 0.227 e. The molecule has 2 aromatic rings. The summed E-state index contributed by atoms with van der Waals surface area (Å²) >= 11 is 3.49. The first-order chi connectivity index (χ1) is 11.1. The van der Waals surface area contributed by atoms with Crippen LogP contribution in [-0.4, -0.2) is 29.6 Å². The summed E-state index contributed by atoms with van der Waals surface area (Å²) in [4.78, 5) is 11.3. The standard InChI is InChI=1S/C17H20BrFN4/c1-12-7-9-23(11-12)17-21-10-15(18)16(22-17)20-8-6-13-2-4-14(19)5-3-13/h2-5,10,12H,6-9,11H2,1H3,(H,20,21,22). The van der Waals surface area contributed by atoms with Gasteiger partial charge in [0.2, 0.25) is 5.95 Å². The maximum absolute atomic E-state index is 12.9. The van der Waals surface area contributed by atoms with E-state index in [1.54, 1.807) is 6.20 Å². The molecule has 1 saturated heterocycles. The molecule has 6 heteroatoms. The van der Waals surface area contributed by atoms with Crippen LogP contribution >= 0.6 is 15.9 Å². The van der Waals surface area contributed by atoms with Crippen LogP contribution in [0.5, 0.6) is 0 Å². The number of benzene rings is 1. The summed E-state index contributed by atoms with van der Waals surface area (Å²) in [7, 11) is 0. The van der Waals surface area contributed by atoms with Gasteiger partial charge in [0.25, 0.3) is 0 Å². The molecule has 1 aliphatic heterocycles. The Hall–Kier alpha value is -1.69. The quantitative estimate of drug-likeness (QED) is 0.856. The highest BCUT2D eigenvalue weighted by Crippen LogP contribution is 2.25. The highest BCUT2D eigenvalue weighted by atomic mass is 79.9. The average molecular weight is 379 g/mol. The molecule has 1 unspecified atom stereocenters. The summed E-state index contributed by atoms with van der Waals surface area (Å²) in [5.41, 5.74) is 1.10. The van der Waals surface area contributed by atoms with Crippen molar-refractivity contribution in [3.8, 4) is 0 Å². The van der Waals surface area contributed by atoms with Crippen LogP contribution in [0.3, 0.4) is 0 Å². The summed E-state index contributed by atoms with van der Waals surface area (Å²) in [6.07, 6.45) is 3.80. The maximum atomic E-state index is 12.9. The van der Waals surface area contributed by atoms with Crippen molar-refractivity contribution in [2.24, 2.45) is 5.92 Å². The van der Waals surface area contributed by atoms with Crippen molar-refractivity contribution in [3.63, 3.8) is 0 Å². The number of anilines is 2. The monoisotopic (exact) mass is 378 g/mol. The van der Waals surface area contributed by atoms with Gasteiger partial charge in [-0.25, -0.2) is 9.37 Å². The molecular weight excluding hydrogens is 359 g/mol. The summed E-state index contributed by atoms with van der Waals surface area (Å²) in [6.45, 7) is 5.01. The third-order valence-electron chi connectivity index (χ3n) is 4.06. The highest BCUT2D eigenvalue weighted by Gasteiger charge is 2.21. The molecule has 1 aromatic carbocycles. The second-order valence-electron chi connectivity index (χ2n) is 6.01. The zero-order valence-electron chi connectivity index (χ0n) is 13.1. The number of rotatable bonds is 5. The fourth-order valence-electron chi connectivity index (χ4n) is 2.73. The van der Waals surface area contributed by atoms with Crippen molar-refractivity contribution in [2.75, 3.05) is 29.9 Å². The first kappa shape index (κ1) is 16.2. The molecule has 1 fully saturated rings. The summed E-state index contributed by atoms with van der Waals surface area (Å²) in [5, 5.41) is 3.33. The minimum absolute atomic E-state index is 0.204. The lowest BCUT2D eigenvalue weighted by Crippen LogP contribution is -2.22. The average Bonchev–Trinajstić information content (AvgIpc) is 2.97. The second kappa shape index (κ2) is 7.25. The molecule has 1 aromatic heterocycles. The molecule has 3 rings (SSSR count). The molecule has 0 amide bonds. The molecule has 0 bridgehead atoms. The van der Waals surface area contributed by atoms with E-state index in [1.165, 1.54) is 18.6 Å². The second-order valence-corrected chi connectivity index (χ2v) is 6.86. The number of aromatic nitrogens is 2. The predicted octanol–water partition coefficient (Wildman–Crippen LogP) is 3.88. The number of halogens is 2. The van der Waals surface area contributed by atoms with E-state index < -0.39 is 0 Å². The van der Waals surface area contributed by atoms with Gasteiger partial charge in [-0.15, -0.1) is 0 Å². The molecule has 0 saturated carbocycles. The topological polar surface area (TPSA) is 41.1 Å². The molecule has 0 aliphatic carbocycles. The molecule has 23 heavy (non-hydrogen) atoms. The van der Waals surface area contributed by atoms with E-state index >= 15 is 0 Å². The Morgan fingerprint density at radius 3 is 2.83 bits per heavy atom. The number of hydrogen-bond acceptors (Lipinski definition) is 4. The molecule has 1 N–H and O–H groups in total. The third kappa shape index (κ3) is 4.19. The first-order valence-electron chi connectivity index (χ1n) is 7.87. The van der Waals surface area contributed by atoms with Gasteiger partial charge in [0.15, 0.2) is 0 Å². The Morgan fingerprint density at radius 1 is 1.35 bits per heavy atom. The van der Waals surface area contributed by atoms with Gasteiger partial charge in [0, 0.05) is 25.8 Å². The summed E-state index contributed by atoms with van der Waals surface area (Å²) in [6, 6.07) is 6.59. The fraction of sp³-hybridized carbons (Fsp3) is 0.412. The largest absolute Gasteiger partial charge is 0.369 e. The zero-order chi connectivity index (χ0) is 16.2. The van der Waals surface area contributed by atoms with Gasteiger partial charge in [-0.05, 0) is 52.4 Å². The van der Waals surface area contributed by atoms with Crippen molar-refractivity contribution in [1.29, 1.82) is 0 Å². The Bertz CT molecular complexity index is 662. The minimum Gasteiger partial charge on any atom is -0.369 e. The third-order valence-corrected chi connectivity index (χ3v) is 4.64. The minimum atomic E-state index is -0.204. The Labute approximate surface area is 144 Å². The van der Waals surface area contributed by atoms with Crippen molar-refractivity contribution < 1.29 is 4.39 Å². The van der Waals surface area contributed by atoms with Gasteiger partial charge in [0.1, 0.15) is 11.6 Å². The fourth-order valence-corrected chi connectivity index (χ4v) is 3.06. The smallest absolute Gasteiger partial charge is 0.227 e. The van der Waals surface area contributed by atoms with Gasteiger partial charge >= 0.3 is 0 Å². The van der Waals surface area contributed by atoms with E-state index in [0.29, 0.717) is 5.92 Å². The molecule has 1 aliphatic rings. The van der Waals surface area contributed by atoms with E-state index in [4.69, 9.17) is 0 Å². The molecular formula is C17H20BrFN4. The molecule has 1 atom stereocenters. The van der Waals surface area contributed by atoms with Crippen LogP contribution in [0.1, 0.15) is 18.9 Å². The SMILES string of the molecule is CC1CCN(c2ncc(Br)c(NCCc3ccc(F)cc3)n2)C1. The lowest BCUT2D eigenvalue weighted by Gasteiger charge is -2.17.